The summed E-state index contributed by atoms with van der Waals surface area (Å²) in [7, 11) is 2.18. The minimum atomic E-state index is 0.454. The largest absolute Gasteiger partial charge is 0.381 e. The zero-order valence-electron chi connectivity index (χ0n) is 12.0. The maximum atomic E-state index is 5.97. The Morgan fingerprint density at radius 1 is 1.30 bits per heavy atom. The van der Waals surface area contributed by atoms with Crippen LogP contribution in [-0.2, 0) is 0 Å². The van der Waals surface area contributed by atoms with Crippen molar-refractivity contribution in [1.29, 1.82) is 0 Å². The number of aromatic nitrogens is 2. The van der Waals surface area contributed by atoms with Crippen LogP contribution >= 0.6 is 0 Å². The Bertz CT molecular complexity index is 608. The normalized spacial score (nSPS) is 16.6. The van der Waals surface area contributed by atoms with Crippen molar-refractivity contribution in [2.45, 2.75) is 31.8 Å². The van der Waals surface area contributed by atoms with Crippen molar-refractivity contribution in [3.8, 4) is 0 Å². The van der Waals surface area contributed by atoms with Crippen LogP contribution in [0.25, 0.3) is 11.0 Å². The van der Waals surface area contributed by atoms with E-state index in [0.717, 1.165) is 23.6 Å². The molecule has 1 aliphatic carbocycles. The first-order valence-electron chi connectivity index (χ1n) is 7.13. The Morgan fingerprint density at radius 3 is 2.60 bits per heavy atom. The highest BCUT2D eigenvalue weighted by Crippen LogP contribution is 2.27. The van der Waals surface area contributed by atoms with Crippen LogP contribution in [0.1, 0.15) is 19.8 Å². The molecule has 1 aromatic heterocycles. The van der Waals surface area contributed by atoms with Crippen LogP contribution < -0.4 is 11.1 Å². The number of hydrogen-bond donors (Lipinski definition) is 2. The first-order chi connectivity index (χ1) is 9.65. The number of nitrogens with two attached hydrogens (primary N) is 1. The molecule has 5 nitrogen and oxygen atoms in total. The van der Waals surface area contributed by atoms with Gasteiger partial charge in [0.1, 0.15) is 0 Å². The molecule has 0 radical (unpaired) electrons. The first-order valence-corrected chi connectivity index (χ1v) is 7.13. The molecule has 0 bridgehead atoms. The molecule has 5 heteroatoms. The van der Waals surface area contributed by atoms with Crippen molar-refractivity contribution >= 4 is 22.7 Å². The molecule has 0 saturated heterocycles. The Hall–Kier alpha value is -1.88. The van der Waals surface area contributed by atoms with Crippen molar-refractivity contribution in [1.82, 2.24) is 14.9 Å². The summed E-state index contributed by atoms with van der Waals surface area (Å²) in [6.45, 7) is 3.04. The summed E-state index contributed by atoms with van der Waals surface area (Å²) in [4.78, 5) is 11.3. The van der Waals surface area contributed by atoms with E-state index in [1.807, 2.05) is 24.3 Å². The minimum Gasteiger partial charge on any atom is -0.381 e. The maximum absolute atomic E-state index is 5.97. The van der Waals surface area contributed by atoms with Crippen molar-refractivity contribution in [3.05, 3.63) is 24.3 Å². The van der Waals surface area contributed by atoms with Gasteiger partial charge < -0.3 is 11.1 Å². The zero-order valence-corrected chi connectivity index (χ0v) is 12.0. The molecule has 2 aromatic rings. The highest BCUT2D eigenvalue weighted by atomic mass is 15.2. The Morgan fingerprint density at radius 2 is 1.95 bits per heavy atom. The minimum absolute atomic E-state index is 0.454. The molecule has 106 valence electrons. The van der Waals surface area contributed by atoms with Gasteiger partial charge in [0.05, 0.1) is 11.0 Å². The lowest BCUT2D eigenvalue weighted by Gasteiger charge is -2.25. The van der Waals surface area contributed by atoms with Crippen LogP contribution in [0.3, 0.4) is 0 Å². The van der Waals surface area contributed by atoms with Crippen LogP contribution in [0.4, 0.5) is 11.6 Å². The van der Waals surface area contributed by atoms with Gasteiger partial charge in [-0.05, 0) is 38.9 Å². The van der Waals surface area contributed by atoms with E-state index in [1.54, 1.807) is 0 Å². The van der Waals surface area contributed by atoms with Crippen LogP contribution in [0, 0.1) is 0 Å². The Kier molecular flexibility index (Phi) is 3.44. The van der Waals surface area contributed by atoms with E-state index < -0.39 is 0 Å². The number of benzene rings is 1. The summed E-state index contributed by atoms with van der Waals surface area (Å²) >= 11 is 0. The number of nitrogens with one attached hydrogen (secondary N) is 1. The summed E-state index contributed by atoms with van der Waals surface area (Å²) in [5, 5.41) is 3.33. The van der Waals surface area contributed by atoms with Gasteiger partial charge in [0.15, 0.2) is 11.6 Å². The average Bonchev–Trinajstić information content (AvgIpc) is 3.28. The number of rotatable bonds is 5. The third-order valence-corrected chi connectivity index (χ3v) is 3.98. The molecule has 0 spiro atoms. The predicted molar refractivity (Wildman–Crippen MR) is 82.7 cm³/mol. The number of likely N-dealkylation sites (N-methyl/N-ethyl adjacent to an activating group) is 1. The molecule has 1 unspecified atom stereocenters. The molecule has 1 heterocycles. The van der Waals surface area contributed by atoms with Gasteiger partial charge in [0.2, 0.25) is 0 Å². The Balaban J connectivity index is 1.71. The highest BCUT2D eigenvalue weighted by Gasteiger charge is 2.28. The van der Waals surface area contributed by atoms with E-state index >= 15 is 0 Å². The molecular weight excluding hydrogens is 250 g/mol. The molecule has 3 rings (SSSR count). The third-order valence-electron chi connectivity index (χ3n) is 3.98. The number of hydrogen-bond acceptors (Lipinski definition) is 5. The van der Waals surface area contributed by atoms with Gasteiger partial charge in [0.25, 0.3) is 0 Å². The number of nitrogens with zero attached hydrogens (tertiary/aromatic N) is 3. The second kappa shape index (κ2) is 5.25. The maximum Gasteiger partial charge on any atom is 0.169 e. The van der Waals surface area contributed by atoms with Crippen molar-refractivity contribution in [2.24, 2.45) is 0 Å². The van der Waals surface area contributed by atoms with Crippen LogP contribution in [0.15, 0.2) is 24.3 Å². The monoisotopic (exact) mass is 271 g/mol. The highest BCUT2D eigenvalue weighted by molar-refractivity contribution is 5.79. The molecule has 3 N–H and O–H groups in total. The summed E-state index contributed by atoms with van der Waals surface area (Å²) in [5.74, 6) is 1.14. The molecule has 1 aliphatic rings. The van der Waals surface area contributed by atoms with Crippen molar-refractivity contribution in [3.63, 3.8) is 0 Å². The summed E-state index contributed by atoms with van der Waals surface area (Å²) in [6.07, 6.45) is 2.64. The number of para-hydroxylation sites is 2. The van der Waals surface area contributed by atoms with E-state index in [-0.39, 0.29) is 0 Å². The molecule has 1 aromatic carbocycles. The van der Waals surface area contributed by atoms with Gasteiger partial charge in [-0.2, -0.15) is 0 Å². The Labute approximate surface area is 119 Å². The van der Waals surface area contributed by atoms with Crippen molar-refractivity contribution in [2.75, 3.05) is 24.6 Å². The van der Waals surface area contributed by atoms with E-state index in [4.69, 9.17) is 5.73 Å². The van der Waals surface area contributed by atoms with Crippen LogP contribution in [-0.4, -0.2) is 40.5 Å². The fraction of sp³-hybridized carbons (Fsp3) is 0.467. The molecule has 1 fully saturated rings. The van der Waals surface area contributed by atoms with Gasteiger partial charge in [0, 0.05) is 18.6 Å². The number of anilines is 2. The molecule has 1 saturated carbocycles. The molecule has 1 atom stereocenters. The van der Waals surface area contributed by atoms with Gasteiger partial charge in [-0.1, -0.05) is 12.1 Å². The fourth-order valence-corrected chi connectivity index (χ4v) is 2.37. The zero-order chi connectivity index (χ0) is 14.1. The number of fused-ring (bicyclic) bond motifs is 1. The van der Waals surface area contributed by atoms with Gasteiger partial charge >= 0.3 is 0 Å². The number of nitrogen functional groups attached to an aromatic ring is 1. The molecule has 20 heavy (non-hydrogen) atoms. The van der Waals surface area contributed by atoms with E-state index in [2.05, 4.69) is 34.2 Å². The standard InChI is InChI=1S/C15H21N5/c1-10(20(2)11-7-8-11)9-17-15-14(16)18-12-5-3-4-6-13(12)19-15/h3-6,10-11H,7-9H2,1-2H3,(H2,16,18)(H,17,19). The smallest absolute Gasteiger partial charge is 0.169 e. The predicted octanol–water partition coefficient (Wildman–Crippen LogP) is 2.11. The lowest BCUT2D eigenvalue weighted by Crippen LogP contribution is -2.36. The van der Waals surface area contributed by atoms with E-state index in [9.17, 15) is 0 Å². The molecular formula is C15H21N5. The second-order valence-corrected chi connectivity index (χ2v) is 5.57. The lowest BCUT2D eigenvalue weighted by atomic mass is 10.3. The van der Waals surface area contributed by atoms with E-state index in [0.29, 0.717) is 17.7 Å². The SMILES string of the molecule is CC(CNc1nc2ccccc2nc1N)N(C)C1CC1. The van der Waals surface area contributed by atoms with Gasteiger partial charge in [-0.3, -0.25) is 4.90 Å². The third kappa shape index (κ3) is 2.67. The van der Waals surface area contributed by atoms with Crippen molar-refractivity contribution < 1.29 is 0 Å². The summed E-state index contributed by atoms with van der Waals surface area (Å²) < 4.78 is 0. The molecule has 0 aliphatic heterocycles. The van der Waals surface area contributed by atoms with Crippen LogP contribution in [0.5, 0.6) is 0 Å². The fourth-order valence-electron chi connectivity index (χ4n) is 2.37. The van der Waals surface area contributed by atoms with Gasteiger partial charge in [-0.15, -0.1) is 0 Å². The summed E-state index contributed by atoms with van der Waals surface area (Å²) in [5.41, 5.74) is 7.67. The topological polar surface area (TPSA) is 67.1 Å². The van der Waals surface area contributed by atoms with Crippen LogP contribution in [0.2, 0.25) is 0 Å². The first kappa shape index (κ1) is 13.1. The van der Waals surface area contributed by atoms with Gasteiger partial charge in [-0.25, -0.2) is 9.97 Å². The second-order valence-electron chi connectivity index (χ2n) is 5.57. The summed E-state index contributed by atoms with van der Waals surface area (Å²) in [6, 6.07) is 8.98. The average molecular weight is 271 g/mol. The van der Waals surface area contributed by atoms with E-state index in [1.165, 1.54) is 12.8 Å². The quantitative estimate of drug-likeness (QED) is 0.871. The lowest BCUT2D eigenvalue weighted by molar-refractivity contribution is 0.257. The molecule has 0 amide bonds.